The van der Waals surface area contributed by atoms with Crippen LogP contribution in [0.5, 0.6) is 5.75 Å². The maximum Gasteiger partial charge on any atom is 0.306 e. The van der Waals surface area contributed by atoms with Crippen molar-refractivity contribution in [3.05, 3.63) is 41.2 Å². The van der Waals surface area contributed by atoms with Crippen molar-refractivity contribution >= 4 is 29.3 Å². The summed E-state index contributed by atoms with van der Waals surface area (Å²) >= 11 is 0. The normalized spacial score (nSPS) is 11.9. The first-order chi connectivity index (χ1) is 14.3. The number of hydrogen-bond donors (Lipinski definition) is 2. The minimum Gasteiger partial charge on any atom is -0.495 e. The first kappa shape index (κ1) is 21.0. The van der Waals surface area contributed by atoms with Gasteiger partial charge in [-0.1, -0.05) is 12.1 Å². The number of para-hydroxylation sites is 2. The number of esters is 1. The molecule has 0 unspecified atom stereocenters. The van der Waals surface area contributed by atoms with Crippen molar-refractivity contribution < 1.29 is 19.1 Å². The zero-order chi connectivity index (χ0) is 21.8. The minimum absolute atomic E-state index is 0.0886. The number of amides is 1. The summed E-state index contributed by atoms with van der Waals surface area (Å²) in [5.74, 6) is 0.134. The van der Waals surface area contributed by atoms with E-state index in [-0.39, 0.29) is 12.4 Å². The van der Waals surface area contributed by atoms with E-state index in [1.165, 1.54) is 14.0 Å². The van der Waals surface area contributed by atoms with Gasteiger partial charge in [0.2, 0.25) is 5.95 Å². The Kier molecular flexibility index (Phi) is 6.14. The molecule has 0 aliphatic heterocycles. The van der Waals surface area contributed by atoms with Crippen LogP contribution >= 0.6 is 0 Å². The Balaban J connectivity index is 1.60. The summed E-state index contributed by atoms with van der Waals surface area (Å²) in [6.07, 6.45) is -0.480. The van der Waals surface area contributed by atoms with E-state index in [2.05, 4.69) is 20.4 Å². The molecule has 2 aromatic heterocycles. The van der Waals surface area contributed by atoms with Crippen molar-refractivity contribution in [2.75, 3.05) is 18.2 Å². The van der Waals surface area contributed by atoms with Gasteiger partial charge in [-0.3, -0.25) is 9.59 Å². The van der Waals surface area contributed by atoms with E-state index >= 15 is 0 Å². The Labute approximate surface area is 173 Å². The molecule has 0 aliphatic rings. The summed E-state index contributed by atoms with van der Waals surface area (Å²) in [6.45, 7) is 5.21. The van der Waals surface area contributed by atoms with E-state index in [9.17, 15) is 9.59 Å². The summed E-state index contributed by atoms with van der Waals surface area (Å²) < 4.78 is 12.0. The molecule has 0 spiro atoms. The van der Waals surface area contributed by atoms with Crippen LogP contribution in [0.4, 0.5) is 11.6 Å². The molecule has 10 nitrogen and oxygen atoms in total. The van der Waals surface area contributed by atoms with Crippen LogP contribution in [0.3, 0.4) is 0 Å². The summed E-state index contributed by atoms with van der Waals surface area (Å²) in [7, 11) is 1.51. The molecule has 10 heteroatoms. The Bertz CT molecular complexity index is 1090. The van der Waals surface area contributed by atoms with Crippen LogP contribution < -0.4 is 15.8 Å². The summed E-state index contributed by atoms with van der Waals surface area (Å²) in [6, 6.07) is 7.00. The lowest BCUT2D eigenvalue weighted by molar-refractivity contribution is -0.153. The number of aromatic nitrogens is 4. The maximum absolute atomic E-state index is 12.4. The van der Waals surface area contributed by atoms with Crippen LogP contribution in [0, 0.1) is 13.8 Å². The van der Waals surface area contributed by atoms with Crippen molar-refractivity contribution in [1.82, 2.24) is 19.6 Å². The fourth-order valence-corrected chi connectivity index (χ4v) is 3.10. The van der Waals surface area contributed by atoms with Crippen LogP contribution in [0.25, 0.3) is 5.78 Å². The number of anilines is 2. The van der Waals surface area contributed by atoms with Gasteiger partial charge in [-0.15, -0.1) is 5.10 Å². The van der Waals surface area contributed by atoms with Gasteiger partial charge in [0.05, 0.1) is 12.8 Å². The van der Waals surface area contributed by atoms with Gasteiger partial charge in [0.15, 0.2) is 6.10 Å². The highest BCUT2D eigenvalue weighted by molar-refractivity contribution is 5.96. The fourth-order valence-electron chi connectivity index (χ4n) is 3.10. The second-order valence-electron chi connectivity index (χ2n) is 6.76. The van der Waals surface area contributed by atoms with Gasteiger partial charge in [-0.25, -0.2) is 4.98 Å². The lowest BCUT2D eigenvalue weighted by atomic mass is 10.1. The zero-order valence-corrected chi connectivity index (χ0v) is 17.3. The predicted molar refractivity (Wildman–Crippen MR) is 110 cm³/mol. The Hall–Kier alpha value is -3.69. The third-order valence-corrected chi connectivity index (χ3v) is 4.69. The van der Waals surface area contributed by atoms with E-state index < -0.39 is 18.0 Å². The molecular weight excluding hydrogens is 388 g/mol. The van der Waals surface area contributed by atoms with Gasteiger partial charge in [0.25, 0.3) is 11.7 Å². The number of aryl methyl sites for hydroxylation is 2. The second-order valence-corrected chi connectivity index (χ2v) is 6.76. The van der Waals surface area contributed by atoms with Gasteiger partial charge < -0.3 is 20.5 Å². The van der Waals surface area contributed by atoms with E-state index in [0.29, 0.717) is 23.6 Å². The first-order valence-electron chi connectivity index (χ1n) is 9.41. The average Bonchev–Trinajstić information content (AvgIpc) is 3.08. The third-order valence-electron chi connectivity index (χ3n) is 4.69. The number of fused-ring (bicyclic) bond motifs is 1. The molecule has 3 aromatic rings. The lowest BCUT2D eigenvalue weighted by Crippen LogP contribution is -2.30. The number of benzene rings is 1. The summed E-state index contributed by atoms with van der Waals surface area (Å²) in [4.78, 5) is 33.1. The van der Waals surface area contributed by atoms with Crippen molar-refractivity contribution in [3.8, 4) is 5.75 Å². The lowest BCUT2D eigenvalue weighted by Gasteiger charge is -2.15. The molecule has 3 rings (SSSR count). The number of nitrogens with two attached hydrogens (primary N) is 1. The standard InChI is InChI=1S/C20H24N6O4/c1-11-14(12(2)26-20(22-11)24-19(21)25-26)9-10-17(27)30-13(3)18(28)23-15-7-5-6-8-16(15)29-4/h5-8,13H,9-10H2,1-4H3,(H2,21,25)(H,23,28)/t13-/m1/s1. The van der Waals surface area contributed by atoms with Crippen LogP contribution in [0.15, 0.2) is 24.3 Å². The number of carbonyl (C=O) groups excluding carboxylic acids is 2. The van der Waals surface area contributed by atoms with Gasteiger partial charge in [0.1, 0.15) is 5.75 Å². The number of rotatable bonds is 7. The number of nitrogen functional groups attached to an aromatic ring is 1. The number of nitrogens with zero attached hydrogens (tertiary/aromatic N) is 4. The molecule has 0 fully saturated rings. The third kappa shape index (κ3) is 4.48. The zero-order valence-electron chi connectivity index (χ0n) is 17.3. The minimum atomic E-state index is -0.958. The van der Waals surface area contributed by atoms with Gasteiger partial charge in [-0.2, -0.15) is 9.50 Å². The highest BCUT2D eigenvalue weighted by Gasteiger charge is 2.20. The molecule has 3 N–H and O–H groups in total. The first-order valence-corrected chi connectivity index (χ1v) is 9.41. The van der Waals surface area contributed by atoms with Crippen LogP contribution in [-0.4, -0.2) is 44.7 Å². The topological polar surface area (TPSA) is 134 Å². The monoisotopic (exact) mass is 412 g/mol. The molecule has 0 bridgehead atoms. The molecule has 1 atom stereocenters. The average molecular weight is 412 g/mol. The maximum atomic E-state index is 12.4. The van der Waals surface area contributed by atoms with E-state index in [0.717, 1.165) is 17.0 Å². The molecule has 2 heterocycles. The Morgan fingerprint density at radius 2 is 1.97 bits per heavy atom. The SMILES string of the molecule is COc1ccccc1NC(=O)[C@@H](C)OC(=O)CCc1c(C)nc2nc(N)nn2c1C. The smallest absolute Gasteiger partial charge is 0.306 e. The Morgan fingerprint density at radius 1 is 1.23 bits per heavy atom. The van der Waals surface area contributed by atoms with Crippen LogP contribution in [0.2, 0.25) is 0 Å². The highest BCUT2D eigenvalue weighted by Crippen LogP contribution is 2.23. The number of carbonyl (C=O) groups is 2. The molecule has 0 radical (unpaired) electrons. The van der Waals surface area contributed by atoms with Crippen LogP contribution in [0.1, 0.15) is 30.3 Å². The van der Waals surface area contributed by atoms with Gasteiger partial charge >= 0.3 is 5.97 Å². The van der Waals surface area contributed by atoms with E-state index in [1.54, 1.807) is 28.8 Å². The molecule has 0 aliphatic carbocycles. The molecule has 158 valence electrons. The van der Waals surface area contributed by atoms with Crippen molar-refractivity contribution in [2.45, 2.75) is 39.7 Å². The van der Waals surface area contributed by atoms with Gasteiger partial charge in [-0.05, 0) is 44.9 Å². The van der Waals surface area contributed by atoms with Crippen LogP contribution in [-0.2, 0) is 20.7 Å². The molecule has 0 saturated carbocycles. The largest absolute Gasteiger partial charge is 0.495 e. The van der Waals surface area contributed by atoms with Crippen molar-refractivity contribution in [3.63, 3.8) is 0 Å². The number of ether oxygens (including phenoxy) is 2. The molecule has 1 aromatic carbocycles. The highest BCUT2D eigenvalue weighted by atomic mass is 16.5. The molecule has 1 amide bonds. The van der Waals surface area contributed by atoms with Crippen molar-refractivity contribution in [1.29, 1.82) is 0 Å². The molecule has 30 heavy (non-hydrogen) atoms. The predicted octanol–water partition coefficient (Wildman–Crippen LogP) is 1.83. The quantitative estimate of drug-likeness (QED) is 0.562. The Morgan fingerprint density at radius 3 is 2.70 bits per heavy atom. The number of hydrogen-bond acceptors (Lipinski definition) is 8. The fraction of sp³-hybridized carbons (Fsp3) is 0.350. The van der Waals surface area contributed by atoms with E-state index in [4.69, 9.17) is 15.2 Å². The summed E-state index contributed by atoms with van der Waals surface area (Å²) in [5, 5.41) is 6.81. The van der Waals surface area contributed by atoms with Gasteiger partial charge in [0, 0.05) is 17.8 Å². The van der Waals surface area contributed by atoms with E-state index in [1.807, 2.05) is 13.8 Å². The molecular formula is C20H24N6O4. The molecule has 0 saturated heterocycles. The number of nitrogens with one attached hydrogen (secondary N) is 1. The second kappa shape index (κ2) is 8.76. The number of methoxy groups -OCH3 is 1. The summed E-state index contributed by atoms with van der Waals surface area (Å²) in [5.41, 5.74) is 8.54. The van der Waals surface area contributed by atoms with Crippen molar-refractivity contribution in [2.24, 2.45) is 0 Å².